The average molecular weight is 230 g/mol. The summed E-state index contributed by atoms with van der Waals surface area (Å²) < 4.78 is 0. The SMILES string of the molecule is C[C@H]1NC(=O)[C@H]2CN(Cc3ccccc3)C[C@H]21. The van der Waals surface area contributed by atoms with Gasteiger partial charge in [-0.15, -0.1) is 0 Å². The molecule has 1 aromatic rings. The third kappa shape index (κ3) is 1.95. The number of nitrogens with zero attached hydrogens (tertiary/aromatic N) is 1. The zero-order valence-corrected chi connectivity index (χ0v) is 10.1. The molecule has 2 fully saturated rings. The molecule has 90 valence electrons. The summed E-state index contributed by atoms with van der Waals surface area (Å²) in [5.41, 5.74) is 1.33. The highest BCUT2D eigenvalue weighted by Crippen LogP contribution is 2.32. The summed E-state index contributed by atoms with van der Waals surface area (Å²) in [4.78, 5) is 14.1. The van der Waals surface area contributed by atoms with Gasteiger partial charge in [0.25, 0.3) is 0 Å². The Hall–Kier alpha value is -1.35. The van der Waals surface area contributed by atoms with Gasteiger partial charge in [-0.2, -0.15) is 0 Å². The molecule has 0 aliphatic carbocycles. The van der Waals surface area contributed by atoms with Crippen molar-refractivity contribution in [2.45, 2.75) is 19.5 Å². The fourth-order valence-corrected chi connectivity index (χ4v) is 3.11. The molecule has 2 saturated heterocycles. The van der Waals surface area contributed by atoms with Crippen molar-refractivity contribution >= 4 is 5.91 Å². The van der Waals surface area contributed by atoms with Crippen LogP contribution in [0.4, 0.5) is 0 Å². The Labute approximate surface area is 102 Å². The number of rotatable bonds is 2. The van der Waals surface area contributed by atoms with Gasteiger partial charge in [0.2, 0.25) is 5.91 Å². The van der Waals surface area contributed by atoms with Gasteiger partial charge < -0.3 is 5.32 Å². The van der Waals surface area contributed by atoms with Crippen LogP contribution in [0.2, 0.25) is 0 Å². The summed E-state index contributed by atoms with van der Waals surface area (Å²) in [5.74, 6) is 0.970. The van der Waals surface area contributed by atoms with Gasteiger partial charge in [-0.25, -0.2) is 0 Å². The number of fused-ring (bicyclic) bond motifs is 1. The molecule has 0 spiro atoms. The van der Waals surface area contributed by atoms with Gasteiger partial charge in [0, 0.05) is 31.6 Å². The standard InChI is InChI=1S/C14H18N2O/c1-10-12-8-16(9-13(12)14(17)15-10)7-11-5-3-2-4-6-11/h2-6,10,12-13H,7-9H2,1H3,(H,15,17)/t10-,12+,13+/m1/s1. The van der Waals surface area contributed by atoms with Gasteiger partial charge in [-0.05, 0) is 12.5 Å². The van der Waals surface area contributed by atoms with E-state index in [-0.39, 0.29) is 11.8 Å². The van der Waals surface area contributed by atoms with Crippen molar-refractivity contribution in [3.8, 4) is 0 Å². The van der Waals surface area contributed by atoms with Crippen LogP contribution in [0.1, 0.15) is 12.5 Å². The fourth-order valence-electron chi connectivity index (χ4n) is 3.11. The first-order valence-corrected chi connectivity index (χ1v) is 6.30. The molecule has 3 atom stereocenters. The van der Waals surface area contributed by atoms with Gasteiger partial charge >= 0.3 is 0 Å². The summed E-state index contributed by atoms with van der Waals surface area (Å²) in [5, 5.41) is 3.04. The summed E-state index contributed by atoms with van der Waals surface area (Å²) in [6.07, 6.45) is 0. The van der Waals surface area contributed by atoms with Crippen molar-refractivity contribution in [1.82, 2.24) is 10.2 Å². The zero-order valence-electron chi connectivity index (χ0n) is 10.1. The number of hydrogen-bond acceptors (Lipinski definition) is 2. The highest BCUT2D eigenvalue weighted by atomic mass is 16.2. The summed E-state index contributed by atoms with van der Waals surface area (Å²) in [6, 6.07) is 10.8. The summed E-state index contributed by atoms with van der Waals surface area (Å²) in [6.45, 7) is 5.04. The molecule has 1 amide bonds. The minimum Gasteiger partial charge on any atom is -0.353 e. The molecule has 3 heteroatoms. The Kier molecular flexibility index (Phi) is 2.63. The quantitative estimate of drug-likeness (QED) is 0.829. The maximum Gasteiger partial charge on any atom is 0.225 e. The van der Waals surface area contributed by atoms with Crippen LogP contribution < -0.4 is 5.32 Å². The number of amides is 1. The predicted molar refractivity (Wildman–Crippen MR) is 66.3 cm³/mol. The molecule has 0 radical (unpaired) electrons. The van der Waals surface area contributed by atoms with E-state index in [1.165, 1.54) is 5.56 Å². The molecule has 1 N–H and O–H groups in total. The molecule has 3 rings (SSSR count). The van der Waals surface area contributed by atoms with E-state index < -0.39 is 0 Å². The van der Waals surface area contributed by atoms with E-state index in [4.69, 9.17) is 0 Å². The van der Waals surface area contributed by atoms with E-state index in [0.29, 0.717) is 12.0 Å². The number of carbonyl (C=O) groups excluding carboxylic acids is 1. The van der Waals surface area contributed by atoms with Crippen LogP contribution >= 0.6 is 0 Å². The maximum absolute atomic E-state index is 11.7. The average Bonchev–Trinajstić information content (AvgIpc) is 2.83. The molecule has 0 unspecified atom stereocenters. The molecule has 0 bridgehead atoms. The lowest BCUT2D eigenvalue weighted by Crippen LogP contribution is -2.32. The summed E-state index contributed by atoms with van der Waals surface area (Å²) in [7, 11) is 0. The lowest BCUT2D eigenvalue weighted by Gasteiger charge is -2.18. The topological polar surface area (TPSA) is 32.3 Å². The smallest absolute Gasteiger partial charge is 0.225 e. The van der Waals surface area contributed by atoms with E-state index in [1.54, 1.807) is 0 Å². The largest absolute Gasteiger partial charge is 0.353 e. The number of hydrogen-bond donors (Lipinski definition) is 1. The van der Waals surface area contributed by atoms with Crippen molar-refractivity contribution < 1.29 is 4.79 Å². The van der Waals surface area contributed by atoms with Crippen molar-refractivity contribution in [3.63, 3.8) is 0 Å². The Morgan fingerprint density at radius 2 is 2.06 bits per heavy atom. The Morgan fingerprint density at radius 3 is 2.76 bits per heavy atom. The highest BCUT2D eigenvalue weighted by Gasteiger charge is 2.45. The van der Waals surface area contributed by atoms with Crippen LogP contribution in [0.5, 0.6) is 0 Å². The fraction of sp³-hybridized carbons (Fsp3) is 0.500. The van der Waals surface area contributed by atoms with Crippen molar-refractivity contribution in [1.29, 1.82) is 0 Å². The number of likely N-dealkylation sites (tertiary alicyclic amines) is 1. The predicted octanol–water partition coefficient (Wildman–Crippen LogP) is 1.25. The minimum atomic E-state index is 0.216. The zero-order chi connectivity index (χ0) is 11.8. The van der Waals surface area contributed by atoms with E-state index >= 15 is 0 Å². The number of nitrogens with one attached hydrogen (secondary N) is 1. The lowest BCUT2D eigenvalue weighted by molar-refractivity contribution is -0.122. The summed E-state index contributed by atoms with van der Waals surface area (Å²) >= 11 is 0. The van der Waals surface area contributed by atoms with Crippen molar-refractivity contribution in [2.24, 2.45) is 11.8 Å². The van der Waals surface area contributed by atoms with Gasteiger partial charge in [0.05, 0.1) is 5.92 Å². The Balaban J connectivity index is 1.67. The first kappa shape index (κ1) is 10.8. The third-order valence-electron chi connectivity index (χ3n) is 4.04. The molecule has 0 aromatic heterocycles. The normalized spacial score (nSPS) is 32.5. The highest BCUT2D eigenvalue weighted by molar-refractivity contribution is 5.82. The first-order valence-electron chi connectivity index (χ1n) is 6.30. The van der Waals surface area contributed by atoms with Gasteiger partial charge in [-0.3, -0.25) is 9.69 Å². The lowest BCUT2D eigenvalue weighted by atomic mass is 9.95. The molecule has 0 saturated carbocycles. The van der Waals surface area contributed by atoms with Crippen LogP contribution in [0.3, 0.4) is 0 Å². The number of carbonyl (C=O) groups is 1. The third-order valence-corrected chi connectivity index (χ3v) is 4.04. The first-order chi connectivity index (χ1) is 8.24. The molecular formula is C14H18N2O. The second kappa shape index (κ2) is 4.15. The monoisotopic (exact) mass is 230 g/mol. The molecule has 17 heavy (non-hydrogen) atoms. The Bertz CT molecular complexity index is 417. The second-order valence-corrected chi connectivity index (χ2v) is 5.25. The van der Waals surface area contributed by atoms with E-state index in [1.807, 2.05) is 6.07 Å². The maximum atomic E-state index is 11.7. The second-order valence-electron chi connectivity index (χ2n) is 5.25. The van der Waals surface area contributed by atoms with Gasteiger partial charge in [0.1, 0.15) is 0 Å². The molecule has 3 nitrogen and oxygen atoms in total. The molecule has 2 aliphatic rings. The van der Waals surface area contributed by atoms with E-state index in [2.05, 4.69) is 41.4 Å². The minimum absolute atomic E-state index is 0.216. The van der Waals surface area contributed by atoms with Crippen LogP contribution in [-0.4, -0.2) is 29.9 Å². The van der Waals surface area contributed by atoms with Gasteiger partial charge in [-0.1, -0.05) is 30.3 Å². The number of benzene rings is 1. The molecule has 1 aromatic carbocycles. The van der Waals surface area contributed by atoms with Crippen LogP contribution in [-0.2, 0) is 11.3 Å². The van der Waals surface area contributed by atoms with Crippen LogP contribution in [0.25, 0.3) is 0 Å². The van der Waals surface area contributed by atoms with Crippen molar-refractivity contribution in [2.75, 3.05) is 13.1 Å². The van der Waals surface area contributed by atoms with E-state index in [0.717, 1.165) is 19.6 Å². The van der Waals surface area contributed by atoms with Crippen LogP contribution in [0, 0.1) is 11.8 Å². The van der Waals surface area contributed by atoms with Crippen LogP contribution in [0.15, 0.2) is 30.3 Å². The molecular weight excluding hydrogens is 212 g/mol. The van der Waals surface area contributed by atoms with Gasteiger partial charge in [0.15, 0.2) is 0 Å². The Morgan fingerprint density at radius 1 is 1.29 bits per heavy atom. The van der Waals surface area contributed by atoms with E-state index in [9.17, 15) is 4.79 Å². The molecule has 2 heterocycles. The van der Waals surface area contributed by atoms with Crippen molar-refractivity contribution in [3.05, 3.63) is 35.9 Å². The molecule has 2 aliphatic heterocycles.